The largest absolute Gasteiger partial charge is 0.457 e. The van der Waals surface area contributed by atoms with Gasteiger partial charge in [0.1, 0.15) is 11.5 Å². The lowest BCUT2D eigenvalue weighted by molar-refractivity contribution is -0.147. The van der Waals surface area contributed by atoms with Crippen molar-refractivity contribution in [2.75, 3.05) is 17.2 Å². The van der Waals surface area contributed by atoms with Gasteiger partial charge in [-0.1, -0.05) is 25.1 Å². The number of hydrogen-bond acceptors (Lipinski definition) is 5. The van der Waals surface area contributed by atoms with E-state index in [2.05, 4.69) is 17.6 Å². The highest BCUT2D eigenvalue weighted by Crippen LogP contribution is 2.25. The average molecular weight is 489 g/mol. The summed E-state index contributed by atoms with van der Waals surface area (Å²) >= 11 is 0. The zero-order valence-corrected chi connectivity index (χ0v) is 20.9. The van der Waals surface area contributed by atoms with Crippen LogP contribution in [0.25, 0.3) is 0 Å². The van der Waals surface area contributed by atoms with Crippen LogP contribution >= 0.6 is 0 Å². The third-order valence-electron chi connectivity index (χ3n) is 5.65. The minimum atomic E-state index is -0.521. The normalized spacial score (nSPS) is 10.4. The fraction of sp³-hybridized carbons (Fsp3) is 0.276. The summed E-state index contributed by atoms with van der Waals surface area (Å²) < 4.78 is 10.9. The first kappa shape index (κ1) is 26.5. The number of nitrogens with one attached hydrogen (secondary N) is 2. The lowest BCUT2D eigenvalue weighted by Crippen LogP contribution is -2.21. The molecule has 0 aliphatic carbocycles. The van der Waals surface area contributed by atoms with E-state index in [-0.39, 0.29) is 25.4 Å². The Morgan fingerprint density at radius 2 is 1.33 bits per heavy atom. The van der Waals surface area contributed by atoms with Gasteiger partial charge in [-0.05, 0) is 91.9 Å². The van der Waals surface area contributed by atoms with Gasteiger partial charge in [0, 0.05) is 24.2 Å². The Labute approximate surface area is 211 Å². The first-order valence-corrected chi connectivity index (χ1v) is 12.0. The Hall–Kier alpha value is -4.13. The van der Waals surface area contributed by atoms with Gasteiger partial charge >= 0.3 is 5.97 Å². The molecule has 2 N–H and O–H groups in total. The Balaban J connectivity index is 1.33. The van der Waals surface area contributed by atoms with Crippen molar-refractivity contribution in [3.05, 3.63) is 83.4 Å². The number of rotatable bonds is 11. The van der Waals surface area contributed by atoms with Gasteiger partial charge in [-0.25, -0.2) is 0 Å². The van der Waals surface area contributed by atoms with Gasteiger partial charge in [0.05, 0.1) is 0 Å². The predicted octanol–water partition coefficient (Wildman–Crippen LogP) is 5.95. The Kier molecular flexibility index (Phi) is 9.63. The number of carbonyl (C=O) groups is 3. The number of esters is 1. The molecule has 0 spiro atoms. The van der Waals surface area contributed by atoms with E-state index in [0.29, 0.717) is 23.5 Å². The van der Waals surface area contributed by atoms with Crippen LogP contribution in [0, 0.1) is 13.8 Å². The molecule has 0 aromatic heterocycles. The fourth-order valence-corrected chi connectivity index (χ4v) is 3.38. The van der Waals surface area contributed by atoms with Gasteiger partial charge in [0.2, 0.25) is 5.91 Å². The van der Waals surface area contributed by atoms with Crippen LogP contribution in [0.3, 0.4) is 0 Å². The van der Waals surface area contributed by atoms with E-state index >= 15 is 0 Å². The highest BCUT2D eigenvalue weighted by molar-refractivity contribution is 5.93. The van der Waals surface area contributed by atoms with Gasteiger partial charge in [0.25, 0.3) is 5.91 Å². The van der Waals surface area contributed by atoms with E-state index in [1.165, 1.54) is 11.1 Å². The zero-order valence-electron chi connectivity index (χ0n) is 20.9. The van der Waals surface area contributed by atoms with Crippen LogP contribution in [0.5, 0.6) is 11.5 Å². The third-order valence-corrected chi connectivity index (χ3v) is 5.65. The number of amides is 2. The van der Waals surface area contributed by atoms with Gasteiger partial charge in [-0.2, -0.15) is 0 Å². The molecule has 3 aromatic rings. The fourth-order valence-electron chi connectivity index (χ4n) is 3.38. The molecule has 0 fully saturated rings. The lowest BCUT2D eigenvalue weighted by Gasteiger charge is -2.10. The van der Waals surface area contributed by atoms with Crippen molar-refractivity contribution in [1.29, 1.82) is 0 Å². The summed E-state index contributed by atoms with van der Waals surface area (Å²) in [6.45, 7) is 5.77. The molecular weight excluding hydrogens is 456 g/mol. The summed E-state index contributed by atoms with van der Waals surface area (Å²) in [7, 11) is 0. The van der Waals surface area contributed by atoms with Crippen molar-refractivity contribution in [2.45, 2.75) is 46.5 Å². The molecule has 36 heavy (non-hydrogen) atoms. The summed E-state index contributed by atoms with van der Waals surface area (Å²) in [5.74, 6) is 0.284. The Bertz CT molecular complexity index is 1190. The molecule has 0 unspecified atom stereocenters. The second-order valence-corrected chi connectivity index (χ2v) is 8.53. The topological polar surface area (TPSA) is 93.7 Å². The molecule has 188 valence electrons. The van der Waals surface area contributed by atoms with Crippen molar-refractivity contribution in [1.82, 2.24) is 0 Å². The quantitative estimate of drug-likeness (QED) is 0.325. The van der Waals surface area contributed by atoms with Gasteiger partial charge < -0.3 is 20.1 Å². The smallest absolute Gasteiger partial charge is 0.306 e. The molecular formula is C29H32N2O5. The van der Waals surface area contributed by atoms with Crippen LogP contribution < -0.4 is 15.4 Å². The van der Waals surface area contributed by atoms with Crippen LogP contribution in [0.2, 0.25) is 0 Å². The van der Waals surface area contributed by atoms with Crippen LogP contribution in [0.15, 0.2) is 66.7 Å². The van der Waals surface area contributed by atoms with E-state index in [4.69, 9.17) is 9.47 Å². The van der Waals surface area contributed by atoms with Crippen molar-refractivity contribution >= 4 is 29.2 Å². The molecule has 3 rings (SSSR count). The lowest BCUT2D eigenvalue weighted by atomic mass is 10.1. The summed E-state index contributed by atoms with van der Waals surface area (Å²) in [5, 5.41) is 5.48. The minimum Gasteiger partial charge on any atom is -0.457 e. The van der Waals surface area contributed by atoms with Crippen molar-refractivity contribution < 1.29 is 23.9 Å². The Morgan fingerprint density at radius 1 is 0.722 bits per heavy atom. The number of ether oxygens (including phenoxy) is 2. The predicted molar refractivity (Wildman–Crippen MR) is 140 cm³/mol. The van der Waals surface area contributed by atoms with Crippen molar-refractivity contribution in [3.63, 3.8) is 0 Å². The molecule has 0 aliphatic heterocycles. The van der Waals surface area contributed by atoms with E-state index in [1.54, 1.807) is 24.3 Å². The van der Waals surface area contributed by atoms with Gasteiger partial charge in [-0.3, -0.25) is 14.4 Å². The van der Waals surface area contributed by atoms with E-state index in [9.17, 15) is 14.4 Å². The Morgan fingerprint density at radius 3 is 1.97 bits per heavy atom. The highest BCUT2D eigenvalue weighted by atomic mass is 16.5. The van der Waals surface area contributed by atoms with Crippen LogP contribution in [-0.2, 0) is 25.5 Å². The number of hydrogen-bond donors (Lipinski definition) is 2. The summed E-state index contributed by atoms with van der Waals surface area (Å²) in [4.78, 5) is 36.0. The number of aryl methyl sites for hydroxylation is 3. The van der Waals surface area contributed by atoms with Gasteiger partial charge in [-0.15, -0.1) is 0 Å². The second-order valence-electron chi connectivity index (χ2n) is 8.53. The number of benzene rings is 3. The third kappa shape index (κ3) is 8.58. The maximum absolute atomic E-state index is 12.2. The first-order chi connectivity index (χ1) is 17.3. The molecule has 0 radical (unpaired) electrons. The maximum Gasteiger partial charge on any atom is 0.306 e. The molecule has 0 saturated heterocycles. The standard InChI is InChI=1S/C29H32N2O5/c1-4-22-9-11-23(12-10-22)31-28(33)19-35-29(34)7-5-6-27(32)30-24-13-16-25(17-14-24)36-26-15-8-20(2)21(3)18-26/h8-18H,4-7,19H2,1-3H3,(H,30,32)(H,31,33). The molecule has 0 atom stereocenters. The molecule has 0 heterocycles. The highest BCUT2D eigenvalue weighted by Gasteiger charge is 2.10. The summed E-state index contributed by atoms with van der Waals surface area (Å²) in [5.41, 5.74) is 4.81. The van der Waals surface area contributed by atoms with Crippen LogP contribution in [0.1, 0.15) is 42.9 Å². The summed E-state index contributed by atoms with van der Waals surface area (Å²) in [6, 6.07) is 20.5. The van der Waals surface area contributed by atoms with E-state index in [1.807, 2.05) is 56.3 Å². The molecule has 3 aromatic carbocycles. The van der Waals surface area contributed by atoms with Crippen LogP contribution in [-0.4, -0.2) is 24.4 Å². The number of carbonyl (C=O) groups excluding carboxylic acids is 3. The SMILES string of the molecule is CCc1ccc(NC(=O)COC(=O)CCCC(=O)Nc2ccc(Oc3ccc(C)c(C)c3)cc2)cc1. The molecule has 7 nitrogen and oxygen atoms in total. The van der Waals surface area contributed by atoms with E-state index in [0.717, 1.165) is 17.7 Å². The zero-order chi connectivity index (χ0) is 25.9. The van der Waals surface area contributed by atoms with Crippen molar-refractivity contribution in [3.8, 4) is 11.5 Å². The molecule has 0 bridgehead atoms. The van der Waals surface area contributed by atoms with E-state index < -0.39 is 11.9 Å². The minimum absolute atomic E-state index is 0.0502. The monoisotopic (exact) mass is 488 g/mol. The molecule has 0 aliphatic rings. The second kappa shape index (κ2) is 13.1. The molecule has 0 saturated carbocycles. The maximum atomic E-state index is 12.2. The first-order valence-electron chi connectivity index (χ1n) is 12.0. The average Bonchev–Trinajstić information content (AvgIpc) is 2.86. The number of anilines is 2. The molecule has 7 heteroatoms. The summed E-state index contributed by atoms with van der Waals surface area (Å²) in [6.07, 6.45) is 1.44. The van der Waals surface area contributed by atoms with Gasteiger partial charge in [0.15, 0.2) is 6.61 Å². The van der Waals surface area contributed by atoms with Crippen LogP contribution in [0.4, 0.5) is 11.4 Å². The molecule has 2 amide bonds. The van der Waals surface area contributed by atoms with Crippen molar-refractivity contribution in [2.24, 2.45) is 0 Å².